The van der Waals surface area contributed by atoms with E-state index in [1.807, 2.05) is 24.3 Å². The first kappa shape index (κ1) is 18.1. The maximum Gasteiger partial charge on any atom is 0.433 e. The minimum absolute atomic E-state index is 0.101. The van der Waals surface area contributed by atoms with Crippen molar-refractivity contribution in [3.05, 3.63) is 45.8 Å². The maximum atomic E-state index is 12.8. The Labute approximate surface area is 151 Å². The van der Waals surface area contributed by atoms with E-state index in [4.69, 9.17) is 4.84 Å². The third kappa shape index (κ3) is 3.76. The molecular weight excluding hydrogens is 332 g/mol. The van der Waals surface area contributed by atoms with Crippen LogP contribution in [-0.4, -0.2) is 22.2 Å². The smallest absolute Gasteiger partial charge is 0.320 e. The number of carbonyl (C=O) groups excluding carboxylic acids is 1. The Hall–Kier alpha value is -2.70. The van der Waals surface area contributed by atoms with Gasteiger partial charge in [0.25, 0.3) is 11.0 Å². The lowest BCUT2D eigenvalue weighted by Crippen LogP contribution is -2.34. The summed E-state index contributed by atoms with van der Waals surface area (Å²) in [5.74, 6) is 0.277. The minimum Gasteiger partial charge on any atom is -0.320 e. The molecule has 138 valence electrons. The Bertz CT molecular complexity index is 930. The van der Waals surface area contributed by atoms with Crippen LogP contribution in [-0.2, 0) is 11.9 Å². The van der Waals surface area contributed by atoms with E-state index in [9.17, 15) is 9.59 Å². The van der Waals surface area contributed by atoms with Crippen molar-refractivity contribution in [1.82, 2.24) is 14.9 Å². The van der Waals surface area contributed by atoms with Crippen molar-refractivity contribution in [3.8, 4) is 0 Å². The van der Waals surface area contributed by atoms with Crippen LogP contribution < -0.4 is 16.4 Å². The van der Waals surface area contributed by atoms with Gasteiger partial charge in [0.05, 0.1) is 11.2 Å². The molecule has 0 bridgehead atoms. The van der Waals surface area contributed by atoms with E-state index in [0.717, 1.165) is 42.3 Å². The number of fused-ring (bicyclic) bond motifs is 1. The molecule has 0 aliphatic heterocycles. The Kier molecular flexibility index (Phi) is 5.65. The predicted molar refractivity (Wildman–Crippen MR) is 98.5 cm³/mol. The van der Waals surface area contributed by atoms with Crippen LogP contribution in [0.15, 0.2) is 34.2 Å². The van der Waals surface area contributed by atoms with Gasteiger partial charge in [-0.15, -0.1) is 0 Å². The second kappa shape index (κ2) is 8.12. The van der Waals surface area contributed by atoms with Crippen molar-refractivity contribution < 1.29 is 9.63 Å². The molecule has 7 heteroatoms. The van der Waals surface area contributed by atoms with E-state index in [-0.39, 0.29) is 11.4 Å². The van der Waals surface area contributed by atoms with Crippen LogP contribution in [0, 0.1) is 0 Å². The number of aryl methyl sites for hydroxylation is 1. The molecule has 7 nitrogen and oxygen atoms in total. The predicted octanol–water partition coefficient (Wildman–Crippen LogP) is 2.54. The number of benzene rings is 1. The molecule has 0 spiro atoms. The molecule has 1 saturated carbocycles. The molecule has 0 radical (unpaired) electrons. The number of nitrogens with one attached hydrogen (secondary N) is 1. The van der Waals surface area contributed by atoms with Gasteiger partial charge in [-0.1, -0.05) is 37.5 Å². The second-order valence-electron chi connectivity index (χ2n) is 6.54. The van der Waals surface area contributed by atoms with Crippen LogP contribution in [0.2, 0.25) is 0 Å². The van der Waals surface area contributed by atoms with E-state index in [1.54, 1.807) is 14.0 Å². The first-order chi connectivity index (χ1) is 12.6. The fourth-order valence-corrected chi connectivity index (χ4v) is 3.47. The zero-order valence-electron chi connectivity index (χ0n) is 15.2. The van der Waals surface area contributed by atoms with E-state index in [1.165, 1.54) is 11.0 Å². The number of hydrogen-bond donors (Lipinski definition) is 1. The molecular formula is C19H24N4O3. The normalized spacial score (nSPS) is 15.8. The van der Waals surface area contributed by atoms with Crippen LogP contribution in [0.5, 0.6) is 0 Å². The number of rotatable bonds is 3. The fourth-order valence-electron chi connectivity index (χ4n) is 3.47. The highest BCUT2D eigenvalue weighted by Gasteiger charge is 2.20. The highest BCUT2D eigenvalue weighted by Crippen LogP contribution is 2.33. The lowest BCUT2D eigenvalue weighted by molar-refractivity contribution is 0.145. The van der Waals surface area contributed by atoms with E-state index < -0.39 is 11.7 Å². The highest BCUT2D eigenvalue weighted by atomic mass is 16.7. The van der Waals surface area contributed by atoms with Crippen LogP contribution >= 0.6 is 0 Å². The summed E-state index contributed by atoms with van der Waals surface area (Å²) in [4.78, 5) is 33.7. The van der Waals surface area contributed by atoms with Gasteiger partial charge in [-0.05, 0) is 31.0 Å². The monoisotopic (exact) mass is 356 g/mol. The van der Waals surface area contributed by atoms with Crippen LogP contribution in [0.1, 0.15) is 50.6 Å². The quantitative estimate of drug-likeness (QED) is 0.676. The Morgan fingerprint density at radius 1 is 1.31 bits per heavy atom. The fraction of sp³-hybridized carbons (Fsp3) is 0.474. The zero-order valence-corrected chi connectivity index (χ0v) is 15.2. The van der Waals surface area contributed by atoms with Crippen molar-refractivity contribution in [3.63, 3.8) is 0 Å². The number of aromatic nitrogens is 2. The molecule has 3 rings (SSSR count). The number of amides is 1. The molecule has 2 aromatic rings. The number of para-hydroxylation sites is 1. The van der Waals surface area contributed by atoms with E-state index in [2.05, 4.69) is 15.5 Å². The van der Waals surface area contributed by atoms with Crippen molar-refractivity contribution >= 4 is 17.0 Å². The van der Waals surface area contributed by atoms with Crippen molar-refractivity contribution in [2.24, 2.45) is 12.2 Å². The van der Waals surface area contributed by atoms with E-state index >= 15 is 0 Å². The zero-order chi connectivity index (χ0) is 18.5. The Morgan fingerprint density at radius 3 is 2.77 bits per heavy atom. The SMILES string of the molecule is CCNC(=O)O/N=c1/nc(C2CCCCC2)c2ccccc2n(C)c1=O. The molecule has 1 aliphatic carbocycles. The molecule has 0 saturated heterocycles. The second-order valence-corrected chi connectivity index (χ2v) is 6.54. The third-order valence-electron chi connectivity index (χ3n) is 4.79. The summed E-state index contributed by atoms with van der Waals surface area (Å²) >= 11 is 0. The molecule has 1 aliphatic rings. The largest absolute Gasteiger partial charge is 0.433 e. The Morgan fingerprint density at radius 2 is 2.04 bits per heavy atom. The van der Waals surface area contributed by atoms with Gasteiger partial charge in [-0.3, -0.25) is 9.63 Å². The van der Waals surface area contributed by atoms with Gasteiger partial charge >= 0.3 is 6.09 Å². The molecule has 1 fully saturated rings. The summed E-state index contributed by atoms with van der Waals surface area (Å²) in [6.45, 7) is 2.19. The summed E-state index contributed by atoms with van der Waals surface area (Å²) in [5.41, 5.74) is 1.16. The topological polar surface area (TPSA) is 85.6 Å². The molecule has 0 atom stereocenters. The van der Waals surface area contributed by atoms with Gasteiger partial charge in [0.2, 0.25) is 0 Å². The molecule has 0 unspecified atom stereocenters. The van der Waals surface area contributed by atoms with Crippen molar-refractivity contribution in [2.45, 2.75) is 44.9 Å². The van der Waals surface area contributed by atoms with Crippen LogP contribution in [0.25, 0.3) is 10.9 Å². The lowest BCUT2D eigenvalue weighted by Gasteiger charge is -2.21. The standard InChI is InChI=1S/C19H24N4O3/c1-3-20-19(25)26-22-17-18(24)23(2)15-12-8-7-11-14(15)16(21-17)13-9-5-4-6-10-13/h7-8,11-13H,3-6,9-10H2,1-2H3,(H,20,25)/b22-17+. The first-order valence-electron chi connectivity index (χ1n) is 9.10. The Balaban J connectivity index is 2.22. The number of nitrogens with zero attached hydrogens (tertiary/aromatic N) is 3. The average Bonchev–Trinajstić information content (AvgIpc) is 2.77. The molecule has 1 heterocycles. The number of hydrogen-bond acceptors (Lipinski definition) is 5. The molecule has 1 N–H and O–H groups in total. The highest BCUT2D eigenvalue weighted by molar-refractivity contribution is 5.81. The molecule has 1 aromatic heterocycles. The van der Waals surface area contributed by atoms with E-state index in [0.29, 0.717) is 6.54 Å². The molecule has 1 amide bonds. The van der Waals surface area contributed by atoms with Gasteiger partial charge in [0.1, 0.15) is 0 Å². The average molecular weight is 356 g/mol. The first-order valence-corrected chi connectivity index (χ1v) is 9.10. The van der Waals surface area contributed by atoms with Gasteiger partial charge in [0, 0.05) is 24.9 Å². The molecule has 1 aromatic carbocycles. The molecule has 26 heavy (non-hydrogen) atoms. The summed E-state index contributed by atoms with van der Waals surface area (Å²) in [6, 6.07) is 7.73. The summed E-state index contributed by atoms with van der Waals surface area (Å²) in [7, 11) is 1.68. The van der Waals surface area contributed by atoms with Gasteiger partial charge < -0.3 is 9.88 Å². The maximum absolute atomic E-state index is 12.8. The van der Waals surface area contributed by atoms with Gasteiger partial charge in [-0.25, -0.2) is 9.78 Å². The summed E-state index contributed by atoms with van der Waals surface area (Å²) < 4.78 is 1.51. The number of carbonyl (C=O) groups is 1. The van der Waals surface area contributed by atoms with Crippen molar-refractivity contribution in [1.29, 1.82) is 0 Å². The minimum atomic E-state index is -0.702. The lowest BCUT2D eigenvalue weighted by atomic mass is 9.85. The third-order valence-corrected chi connectivity index (χ3v) is 4.79. The summed E-state index contributed by atoms with van der Waals surface area (Å²) in [6.07, 6.45) is 4.90. The summed E-state index contributed by atoms with van der Waals surface area (Å²) in [5, 5.41) is 7.17. The van der Waals surface area contributed by atoms with Gasteiger partial charge in [0.15, 0.2) is 0 Å². The van der Waals surface area contributed by atoms with Crippen LogP contribution in [0.4, 0.5) is 4.79 Å². The van der Waals surface area contributed by atoms with Crippen LogP contribution in [0.3, 0.4) is 0 Å². The van der Waals surface area contributed by atoms with Gasteiger partial charge in [-0.2, -0.15) is 0 Å². The van der Waals surface area contributed by atoms with Crippen molar-refractivity contribution in [2.75, 3.05) is 6.54 Å².